The lowest BCUT2D eigenvalue weighted by molar-refractivity contribution is 0.0698. The van der Waals surface area contributed by atoms with Gasteiger partial charge in [0, 0.05) is 54.5 Å². The molecule has 0 spiro atoms. The third-order valence-electron chi connectivity index (χ3n) is 6.35. The van der Waals surface area contributed by atoms with Gasteiger partial charge >= 0.3 is 0 Å². The molecule has 3 aromatic rings. The number of ether oxygens (including phenoxy) is 1. The van der Waals surface area contributed by atoms with Gasteiger partial charge in [-0.3, -0.25) is 9.59 Å². The summed E-state index contributed by atoms with van der Waals surface area (Å²) in [4.78, 5) is 29.5. The first-order valence-corrected chi connectivity index (χ1v) is 12.3. The van der Waals surface area contributed by atoms with Crippen LogP contribution in [0.5, 0.6) is 0 Å². The standard InChI is InChI=1S/C26H26FN3O3S/c1-28-19-5-2-16(3-6-19)26(32)30-11-8-17-14-23(25(31)29-20-9-12-33-13-10-20)34-24(17)21-7-4-18(27)15-22(21)30/h2-7,14-15,20,28H,8-13H2,1H3,(H,29,31). The van der Waals surface area contributed by atoms with Crippen molar-refractivity contribution in [3.8, 4) is 10.4 Å². The Labute approximate surface area is 201 Å². The Morgan fingerprint density at radius 1 is 1.09 bits per heavy atom. The van der Waals surface area contributed by atoms with Gasteiger partial charge in [-0.25, -0.2) is 4.39 Å². The monoisotopic (exact) mass is 479 g/mol. The van der Waals surface area contributed by atoms with E-state index in [1.807, 2.05) is 25.2 Å². The van der Waals surface area contributed by atoms with Gasteiger partial charge in [0.15, 0.2) is 0 Å². The summed E-state index contributed by atoms with van der Waals surface area (Å²) in [5.41, 5.74) is 3.74. The van der Waals surface area contributed by atoms with E-state index < -0.39 is 5.82 Å². The van der Waals surface area contributed by atoms with Gasteiger partial charge in [0.25, 0.3) is 11.8 Å². The van der Waals surface area contributed by atoms with Crippen molar-refractivity contribution < 1.29 is 18.7 Å². The van der Waals surface area contributed by atoms with Crippen LogP contribution in [-0.2, 0) is 11.2 Å². The Morgan fingerprint density at radius 2 is 1.85 bits per heavy atom. The fraction of sp³-hybridized carbons (Fsp3) is 0.308. The summed E-state index contributed by atoms with van der Waals surface area (Å²) in [5.74, 6) is -0.673. The van der Waals surface area contributed by atoms with E-state index in [0.29, 0.717) is 42.3 Å². The van der Waals surface area contributed by atoms with Gasteiger partial charge in [0.2, 0.25) is 0 Å². The molecular formula is C26H26FN3O3S. The minimum absolute atomic E-state index is 0.0915. The third kappa shape index (κ3) is 4.43. The van der Waals surface area contributed by atoms with Gasteiger partial charge in [-0.05, 0) is 73.4 Å². The summed E-state index contributed by atoms with van der Waals surface area (Å²) in [6.07, 6.45) is 2.20. The minimum Gasteiger partial charge on any atom is -0.388 e. The number of amides is 2. The number of anilines is 2. The summed E-state index contributed by atoms with van der Waals surface area (Å²) in [6, 6.07) is 13.8. The highest BCUT2D eigenvalue weighted by molar-refractivity contribution is 7.17. The second-order valence-electron chi connectivity index (χ2n) is 8.52. The van der Waals surface area contributed by atoms with Crippen LogP contribution in [0.15, 0.2) is 48.5 Å². The van der Waals surface area contributed by atoms with Crippen molar-refractivity contribution in [3.63, 3.8) is 0 Å². The van der Waals surface area contributed by atoms with Crippen LogP contribution in [-0.4, -0.2) is 44.7 Å². The average Bonchev–Trinajstić information content (AvgIpc) is 3.23. The topological polar surface area (TPSA) is 70.7 Å². The smallest absolute Gasteiger partial charge is 0.261 e. The number of nitrogens with one attached hydrogen (secondary N) is 2. The number of benzene rings is 2. The highest BCUT2D eigenvalue weighted by Gasteiger charge is 2.28. The molecule has 0 aliphatic carbocycles. The van der Waals surface area contributed by atoms with Gasteiger partial charge in [0.05, 0.1) is 10.6 Å². The second-order valence-corrected chi connectivity index (χ2v) is 9.57. The SMILES string of the molecule is CNc1ccc(C(=O)N2CCc3cc(C(=O)NC4CCOCC4)sc3-c3ccc(F)cc32)cc1. The lowest BCUT2D eigenvalue weighted by Crippen LogP contribution is -2.38. The van der Waals surface area contributed by atoms with E-state index in [4.69, 9.17) is 4.74 Å². The van der Waals surface area contributed by atoms with Crippen molar-refractivity contribution in [2.75, 3.05) is 37.0 Å². The molecule has 0 saturated carbocycles. The first-order valence-electron chi connectivity index (χ1n) is 11.4. The molecule has 6 nitrogen and oxygen atoms in total. The molecule has 34 heavy (non-hydrogen) atoms. The molecule has 2 N–H and O–H groups in total. The maximum absolute atomic E-state index is 14.3. The van der Waals surface area contributed by atoms with Crippen LogP contribution in [0.2, 0.25) is 0 Å². The Hall–Kier alpha value is -3.23. The van der Waals surface area contributed by atoms with Crippen LogP contribution in [0, 0.1) is 5.82 Å². The molecule has 3 heterocycles. The first-order chi connectivity index (χ1) is 16.5. The number of nitrogens with zero attached hydrogens (tertiary/aromatic N) is 1. The number of carbonyl (C=O) groups is 2. The van der Waals surface area contributed by atoms with Crippen molar-refractivity contribution in [2.24, 2.45) is 0 Å². The van der Waals surface area contributed by atoms with E-state index in [-0.39, 0.29) is 17.9 Å². The van der Waals surface area contributed by atoms with E-state index in [1.54, 1.807) is 23.1 Å². The normalized spacial score (nSPS) is 15.8. The zero-order valence-corrected chi connectivity index (χ0v) is 19.7. The Kier molecular flexibility index (Phi) is 6.34. The molecule has 8 heteroatoms. The summed E-state index contributed by atoms with van der Waals surface area (Å²) in [7, 11) is 1.82. The molecule has 1 fully saturated rings. The van der Waals surface area contributed by atoms with Crippen molar-refractivity contribution in [1.29, 1.82) is 0 Å². The number of hydrogen-bond donors (Lipinski definition) is 2. The largest absolute Gasteiger partial charge is 0.388 e. The van der Waals surface area contributed by atoms with E-state index in [9.17, 15) is 14.0 Å². The Balaban J connectivity index is 1.46. The van der Waals surface area contributed by atoms with E-state index in [2.05, 4.69) is 10.6 Å². The van der Waals surface area contributed by atoms with Crippen LogP contribution in [0.1, 0.15) is 38.4 Å². The lowest BCUT2D eigenvalue weighted by Gasteiger charge is -2.23. The summed E-state index contributed by atoms with van der Waals surface area (Å²) in [5, 5.41) is 6.15. The predicted octanol–water partition coefficient (Wildman–Crippen LogP) is 4.71. The highest BCUT2D eigenvalue weighted by Crippen LogP contribution is 2.42. The molecule has 5 rings (SSSR count). The maximum atomic E-state index is 14.3. The molecule has 0 radical (unpaired) electrons. The fourth-order valence-corrected chi connectivity index (χ4v) is 5.62. The van der Waals surface area contributed by atoms with Crippen molar-refractivity contribution >= 4 is 34.5 Å². The average molecular weight is 480 g/mol. The van der Waals surface area contributed by atoms with E-state index in [1.165, 1.54) is 23.5 Å². The van der Waals surface area contributed by atoms with Crippen LogP contribution in [0.4, 0.5) is 15.8 Å². The summed E-state index contributed by atoms with van der Waals surface area (Å²) >= 11 is 1.40. The molecule has 1 aromatic heterocycles. The molecule has 176 valence electrons. The van der Waals surface area contributed by atoms with E-state index >= 15 is 0 Å². The van der Waals surface area contributed by atoms with Gasteiger partial charge in [-0.2, -0.15) is 0 Å². The molecule has 0 atom stereocenters. The van der Waals surface area contributed by atoms with Gasteiger partial charge in [0.1, 0.15) is 5.82 Å². The number of carbonyl (C=O) groups excluding carboxylic acids is 2. The molecule has 2 aliphatic heterocycles. The Bertz CT molecular complexity index is 1220. The summed E-state index contributed by atoms with van der Waals surface area (Å²) < 4.78 is 19.7. The number of halogens is 1. The zero-order valence-electron chi connectivity index (χ0n) is 18.9. The zero-order chi connectivity index (χ0) is 23.7. The van der Waals surface area contributed by atoms with Crippen LogP contribution in [0.25, 0.3) is 10.4 Å². The molecule has 1 saturated heterocycles. The second kappa shape index (κ2) is 9.56. The van der Waals surface area contributed by atoms with E-state index in [0.717, 1.165) is 34.5 Å². The molecule has 2 aromatic carbocycles. The number of hydrogen-bond acceptors (Lipinski definition) is 5. The molecule has 2 amide bonds. The predicted molar refractivity (Wildman–Crippen MR) is 132 cm³/mol. The van der Waals surface area contributed by atoms with Gasteiger partial charge < -0.3 is 20.3 Å². The molecular weight excluding hydrogens is 453 g/mol. The Morgan fingerprint density at radius 3 is 2.59 bits per heavy atom. The third-order valence-corrected chi connectivity index (χ3v) is 7.56. The quantitative estimate of drug-likeness (QED) is 0.569. The number of thiophene rings is 1. The van der Waals surface area contributed by atoms with Crippen molar-refractivity contribution in [3.05, 3.63) is 70.4 Å². The van der Waals surface area contributed by atoms with Crippen LogP contribution >= 0.6 is 11.3 Å². The molecule has 0 unspecified atom stereocenters. The number of fused-ring (bicyclic) bond motifs is 3. The van der Waals surface area contributed by atoms with Gasteiger partial charge in [-0.1, -0.05) is 0 Å². The summed E-state index contributed by atoms with van der Waals surface area (Å²) in [6.45, 7) is 1.71. The number of rotatable bonds is 4. The molecule has 2 aliphatic rings. The van der Waals surface area contributed by atoms with Crippen LogP contribution < -0.4 is 15.5 Å². The van der Waals surface area contributed by atoms with Crippen LogP contribution in [0.3, 0.4) is 0 Å². The van der Waals surface area contributed by atoms with Crippen molar-refractivity contribution in [1.82, 2.24) is 5.32 Å². The fourth-order valence-electron chi connectivity index (χ4n) is 4.47. The van der Waals surface area contributed by atoms with Gasteiger partial charge in [-0.15, -0.1) is 11.3 Å². The van der Waals surface area contributed by atoms with Crippen molar-refractivity contribution in [2.45, 2.75) is 25.3 Å². The maximum Gasteiger partial charge on any atom is 0.261 e. The lowest BCUT2D eigenvalue weighted by atomic mass is 10.1. The first kappa shape index (κ1) is 22.6. The highest BCUT2D eigenvalue weighted by atomic mass is 32.1. The minimum atomic E-state index is -0.403. The molecule has 0 bridgehead atoms.